The Balaban J connectivity index is 1.54. The van der Waals surface area contributed by atoms with Gasteiger partial charge in [0.25, 0.3) is 11.8 Å². The number of likely N-dealkylation sites (N-methyl/N-ethyl adjacent to an activating group) is 1. The first-order chi connectivity index (χ1) is 15.0. The van der Waals surface area contributed by atoms with Crippen molar-refractivity contribution in [3.8, 4) is 0 Å². The number of fused-ring (bicyclic) bond motifs is 1. The highest BCUT2D eigenvalue weighted by Gasteiger charge is 2.26. The summed E-state index contributed by atoms with van der Waals surface area (Å²) in [6, 6.07) is 8.25. The van der Waals surface area contributed by atoms with Crippen molar-refractivity contribution in [1.29, 1.82) is 0 Å². The van der Waals surface area contributed by atoms with Crippen LogP contribution in [0, 0.1) is 0 Å². The van der Waals surface area contributed by atoms with Crippen LogP contribution in [0.5, 0.6) is 0 Å². The van der Waals surface area contributed by atoms with E-state index in [-0.39, 0.29) is 5.91 Å². The van der Waals surface area contributed by atoms with Crippen LogP contribution >= 0.6 is 22.9 Å². The highest BCUT2D eigenvalue weighted by atomic mass is 35.5. The number of benzene rings is 1. The molecular formula is C22H22ClN5O2S. The molecule has 4 rings (SSSR count). The third-order valence-electron chi connectivity index (χ3n) is 5.21. The van der Waals surface area contributed by atoms with E-state index in [1.54, 1.807) is 12.1 Å². The van der Waals surface area contributed by atoms with Gasteiger partial charge in [-0.15, -0.1) is 11.3 Å². The molecule has 160 valence electrons. The average molecular weight is 456 g/mol. The summed E-state index contributed by atoms with van der Waals surface area (Å²) >= 11 is 7.09. The lowest BCUT2D eigenvalue weighted by atomic mass is 10.0. The van der Waals surface area contributed by atoms with Crippen LogP contribution in [0.25, 0.3) is 0 Å². The number of anilines is 1. The van der Waals surface area contributed by atoms with Crippen molar-refractivity contribution in [3.05, 3.63) is 75.0 Å². The SMILES string of the molecule is CN1CCc2ccc(NC(=O)C(NC(=O)c3ccc(Cl)s3)c3cnccn3)cc2CC1. The lowest BCUT2D eigenvalue weighted by molar-refractivity contribution is -0.118. The smallest absolute Gasteiger partial charge is 0.262 e. The average Bonchev–Trinajstić information content (AvgIpc) is 3.13. The van der Waals surface area contributed by atoms with Crippen LogP contribution in [-0.4, -0.2) is 46.8 Å². The van der Waals surface area contributed by atoms with Gasteiger partial charge in [0.15, 0.2) is 6.04 Å². The van der Waals surface area contributed by atoms with Gasteiger partial charge in [-0.3, -0.25) is 19.6 Å². The molecule has 0 bridgehead atoms. The molecule has 9 heteroatoms. The van der Waals surface area contributed by atoms with Crippen LogP contribution in [0.4, 0.5) is 5.69 Å². The zero-order chi connectivity index (χ0) is 21.8. The van der Waals surface area contributed by atoms with E-state index in [4.69, 9.17) is 11.6 Å². The lowest BCUT2D eigenvalue weighted by Crippen LogP contribution is -2.37. The van der Waals surface area contributed by atoms with Crippen molar-refractivity contribution in [2.75, 3.05) is 25.5 Å². The molecule has 1 atom stereocenters. The molecule has 0 fully saturated rings. The molecule has 1 unspecified atom stereocenters. The van der Waals surface area contributed by atoms with Crippen LogP contribution < -0.4 is 10.6 Å². The van der Waals surface area contributed by atoms with Crippen molar-refractivity contribution in [3.63, 3.8) is 0 Å². The van der Waals surface area contributed by atoms with Crippen molar-refractivity contribution in [2.24, 2.45) is 0 Å². The summed E-state index contributed by atoms with van der Waals surface area (Å²) in [5.41, 5.74) is 3.58. The molecule has 2 aromatic heterocycles. The van der Waals surface area contributed by atoms with E-state index in [9.17, 15) is 9.59 Å². The Morgan fingerprint density at radius 3 is 2.65 bits per heavy atom. The lowest BCUT2D eigenvalue weighted by Gasteiger charge is -2.18. The molecule has 3 heterocycles. The predicted octanol–water partition coefficient (Wildman–Crippen LogP) is 3.33. The third-order valence-corrected chi connectivity index (χ3v) is 6.44. The molecule has 2 amide bonds. The van der Waals surface area contributed by atoms with E-state index < -0.39 is 11.9 Å². The third kappa shape index (κ3) is 5.28. The minimum Gasteiger partial charge on any atom is -0.334 e. The normalized spacial score (nSPS) is 14.9. The number of halogens is 1. The van der Waals surface area contributed by atoms with Gasteiger partial charge < -0.3 is 15.5 Å². The van der Waals surface area contributed by atoms with Crippen molar-refractivity contribution in [1.82, 2.24) is 20.2 Å². The zero-order valence-corrected chi connectivity index (χ0v) is 18.5. The fourth-order valence-corrected chi connectivity index (χ4v) is 4.45. The maximum absolute atomic E-state index is 13.1. The number of thiophene rings is 1. The van der Waals surface area contributed by atoms with Crippen LogP contribution in [-0.2, 0) is 17.6 Å². The molecule has 0 radical (unpaired) electrons. The summed E-state index contributed by atoms with van der Waals surface area (Å²) in [6.07, 6.45) is 6.39. The van der Waals surface area contributed by atoms with E-state index in [1.165, 1.54) is 29.7 Å². The summed E-state index contributed by atoms with van der Waals surface area (Å²) in [6.45, 7) is 2.00. The van der Waals surface area contributed by atoms with E-state index >= 15 is 0 Å². The van der Waals surface area contributed by atoms with Gasteiger partial charge in [0, 0.05) is 31.2 Å². The molecule has 1 aromatic carbocycles. The van der Waals surface area contributed by atoms with Crippen LogP contribution in [0.2, 0.25) is 4.34 Å². The number of carbonyl (C=O) groups is 2. The molecule has 31 heavy (non-hydrogen) atoms. The monoisotopic (exact) mass is 455 g/mol. The Bertz CT molecular complexity index is 1090. The Morgan fingerprint density at radius 1 is 1.13 bits per heavy atom. The topological polar surface area (TPSA) is 87.2 Å². The number of amides is 2. The summed E-state index contributed by atoms with van der Waals surface area (Å²) in [5.74, 6) is -0.783. The molecule has 3 aromatic rings. The second-order valence-corrected chi connectivity index (χ2v) is 9.13. The van der Waals surface area contributed by atoms with Gasteiger partial charge in [0.1, 0.15) is 0 Å². The minimum atomic E-state index is -0.994. The second kappa shape index (κ2) is 9.55. The van der Waals surface area contributed by atoms with E-state index in [0.717, 1.165) is 37.3 Å². The standard InChI is InChI=1S/C22H22ClN5O2S/c1-28-10-6-14-2-3-16(12-15(14)7-11-28)26-22(30)20(17-13-24-8-9-25-17)27-21(29)18-4-5-19(23)31-18/h2-5,8-9,12-13,20H,6-7,10-11H2,1H3,(H,26,30)(H,27,29). The first kappa shape index (κ1) is 21.4. The Kier molecular flexibility index (Phi) is 6.60. The molecule has 0 saturated heterocycles. The highest BCUT2D eigenvalue weighted by molar-refractivity contribution is 7.18. The maximum atomic E-state index is 13.1. The first-order valence-electron chi connectivity index (χ1n) is 9.93. The summed E-state index contributed by atoms with van der Waals surface area (Å²) in [5, 5.41) is 5.68. The molecular weight excluding hydrogens is 434 g/mol. The molecule has 0 saturated carbocycles. The minimum absolute atomic E-state index is 0.354. The highest BCUT2D eigenvalue weighted by Crippen LogP contribution is 2.24. The molecule has 2 N–H and O–H groups in total. The van der Waals surface area contributed by atoms with E-state index in [0.29, 0.717) is 20.6 Å². The van der Waals surface area contributed by atoms with Crippen LogP contribution in [0.1, 0.15) is 32.5 Å². The first-order valence-corrected chi connectivity index (χ1v) is 11.1. The number of rotatable bonds is 5. The maximum Gasteiger partial charge on any atom is 0.262 e. The number of aromatic nitrogens is 2. The van der Waals surface area contributed by atoms with Gasteiger partial charge in [0.05, 0.1) is 21.1 Å². The predicted molar refractivity (Wildman–Crippen MR) is 122 cm³/mol. The zero-order valence-electron chi connectivity index (χ0n) is 17.0. The van der Waals surface area contributed by atoms with Crippen molar-refractivity contribution >= 4 is 40.4 Å². The van der Waals surface area contributed by atoms with Gasteiger partial charge in [-0.05, 0) is 55.3 Å². The second-order valence-electron chi connectivity index (χ2n) is 7.42. The molecule has 1 aliphatic heterocycles. The Hall–Kier alpha value is -2.81. The summed E-state index contributed by atoms with van der Waals surface area (Å²) in [4.78, 5) is 36.8. The number of hydrogen-bond acceptors (Lipinski definition) is 6. The van der Waals surface area contributed by atoms with Crippen molar-refractivity contribution < 1.29 is 9.59 Å². The molecule has 7 nitrogen and oxygen atoms in total. The quantitative estimate of drug-likeness (QED) is 0.616. The number of carbonyl (C=O) groups excluding carboxylic acids is 2. The van der Waals surface area contributed by atoms with Crippen LogP contribution in [0.15, 0.2) is 48.9 Å². The van der Waals surface area contributed by atoms with Crippen molar-refractivity contribution in [2.45, 2.75) is 18.9 Å². The van der Waals surface area contributed by atoms with Gasteiger partial charge in [-0.25, -0.2) is 0 Å². The number of nitrogens with zero attached hydrogens (tertiary/aromatic N) is 3. The molecule has 0 spiro atoms. The largest absolute Gasteiger partial charge is 0.334 e. The summed E-state index contributed by atoms with van der Waals surface area (Å²) in [7, 11) is 2.11. The molecule has 1 aliphatic rings. The fourth-order valence-electron chi connectivity index (χ4n) is 3.50. The van der Waals surface area contributed by atoms with E-state index in [2.05, 4.69) is 38.6 Å². The Labute approximate surface area is 189 Å². The number of hydrogen-bond donors (Lipinski definition) is 2. The van der Waals surface area contributed by atoms with Crippen LogP contribution in [0.3, 0.4) is 0 Å². The van der Waals surface area contributed by atoms with Gasteiger partial charge in [0.2, 0.25) is 0 Å². The van der Waals surface area contributed by atoms with Gasteiger partial charge in [-0.2, -0.15) is 0 Å². The molecule has 0 aliphatic carbocycles. The fraction of sp³-hybridized carbons (Fsp3) is 0.273. The van der Waals surface area contributed by atoms with Gasteiger partial charge in [-0.1, -0.05) is 17.7 Å². The van der Waals surface area contributed by atoms with Gasteiger partial charge >= 0.3 is 0 Å². The van der Waals surface area contributed by atoms with E-state index in [1.807, 2.05) is 12.1 Å². The number of nitrogens with one attached hydrogen (secondary N) is 2. The Morgan fingerprint density at radius 2 is 1.94 bits per heavy atom. The summed E-state index contributed by atoms with van der Waals surface area (Å²) < 4.78 is 0.501.